The third-order valence-electron chi connectivity index (χ3n) is 2.66. The number of nitrogens with two attached hydrogens (primary N) is 1. The second kappa shape index (κ2) is 6.52. The molecule has 0 aliphatic heterocycles. The fraction of sp³-hybridized carbons (Fsp3) is 0.500. The number of hydrogen-bond acceptors (Lipinski definition) is 3. The summed E-state index contributed by atoms with van der Waals surface area (Å²) in [4.78, 5) is 11.6. The quantitative estimate of drug-likeness (QED) is 0.712. The number of rotatable bonds is 6. The van der Waals surface area contributed by atoms with Crippen molar-refractivity contribution in [1.29, 1.82) is 0 Å². The highest BCUT2D eigenvalue weighted by Crippen LogP contribution is 2.08. The van der Waals surface area contributed by atoms with E-state index in [0.29, 0.717) is 19.4 Å². The molecule has 0 unspecified atom stereocenters. The fourth-order valence-corrected chi connectivity index (χ4v) is 1.56. The summed E-state index contributed by atoms with van der Waals surface area (Å²) in [6.07, 6.45) is 1.10. The van der Waals surface area contributed by atoms with Crippen LogP contribution in [0.5, 0.6) is 0 Å². The maximum Gasteiger partial charge on any atom is 0.220 e. The summed E-state index contributed by atoms with van der Waals surface area (Å²) in [6, 6.07) is 7.53. The molecule has 0 aliphatic carbocycles. The lowest BCUT2D eigenvalue weighted by Gasteiger charge is -2.17. The predicted octanol–water partition coefficient (Wildman–Crippen LogP) is 1.31. The molecule has 0 fully saturated rings. The van der Waals surface area contributed by atoms with Gasteiger partial charge in [0.25, 0.3) is 0 Å². The van der Waals surface area contributed by atoms with E-state index in [0.717, 1.165) is 11.1 Å². The number of amides is 1. The van der Waals surface area contributed by atoms with E-state index in [1.165, 1.54) is 0 Å². The molecule has 0 heterocycles. The molecule has 1 rings (SSSR count). The Labute approximate surface area is 108 Å². The molecule has 18 heavy (non-hydrogen) atoms. The molecule has 0 aliphatic rings. The molecule has 4 nitrogen and oxygen atoms in total. The zero-order chi connectivity index (χ0) is 13.6. The van der Waals surface area contributed by atoms with E-state index in [-0.39, 0.29) is 18.1 Å². The van der Waals surface area contributed by atoms with E-state index in [2.05, 4.69) is 5.32 Å². The SMILES string of the molecule is CC(C)(N)CCC(=O)NCc1cccc(CO)c1. The van der Waals surface area contributed by atoms with Crippen LogP contribution in [0.1, 0.15) is 37.8 Å². The van der Waals surface area contributed by atoms with Crippen LogP contribution >= 0.6 is 0 Å². The van der Waals surface area contributed by atoms with Gasteiger partial charge >= 0.3 is 0 Å². The third-order valence-corrected chi connectivity index (χ3v) is 2.66. The summed E-state index contributed by atoms with van der Waals surface area (Å²) >= 11 is 0. The van der Waals surface area contributed by atoms with Crippen molar-refractivity contribution in [1.82, 2.24) is 5.32 Å². The number of benzene rings is 1. The van der Waals surface area contributed by atoms with Gasteiger partial charge in [0.15, 0.2) is 0 Å². The van der Waals surface area contributed by atoms with Gasteiger partial charge in [-0.2, -0.15) is 0 Å². The Balaban J connectivity index is 2.38. The van der Waals surface area contributed by atoms with Gasteiger partial charge in [0, 0.05) is 18.5 Å². The molecule has 1 aromatic carbocycles. The highest BCUT2D eigenvalue weighted by Gasteiger charge is 2.12. The largest absolute Gasteiger partial charge is 0.392 e. The number of aliphatic hydroxyl groups excluding tert-OH is 1. The predicted molar refractivity (Wildman–Crippen MR) is 71.7 cm³/mol. The molecule has 0 saturated carbocycles. The maximum atomic E-state index is 11.6. The Morgan fingerprint density at radius 2 is 2.06 bits per heavy atom. The van der Waals surface area contributed by atoms with E-state index in [9.17, 15) is 4.79 Å². The molecular weight excluding hydrogens is 228 g/mol. The van der Waals surface area contributed by atoms with Crippen molar-refractivity contribution in [2.45, 2.75) is 45.4 Å². The average Bonchev–Trinajstić information content (AvgIpc) is 2.33. The maximum absolute atomic E-state index is 11.6. The van der Waals surface area contributed by atoms with E-state index in [1.54, 1.807) is 0 Å². The summed E-state index contributed by atoms with van der Waals surface area (Å²) in [5, 5.41) is 11.9. The van der Waals surface area contributed by atoms with Gasteiger partial charge in [0.05, 0.1) is 6.61 Å². The van der Waals surface area contributed by atoms with Crippen molar-refractivity contribution in [2.75, 3.05) is 0 Å². The van der Waals surface area contributed by atoms with Gasteiger partial charge in [-0.05, 0) is 31.4 Å². The molecular formula is C14H22N2O2. The van der Waals surface area contributed by atoms with Crippen LogP contribution in [-0.4, -0.2) is 16.6 Å². The Hall–Kier alpha value is -1.39. The topological polar surface area (TPSA) is 75.4 Å². The molecule has 4 N–H and O–H groups in total. The van der Waals surface area contributed by atoms with Crippen LogP contribution in [0.2, 0.25) is 0 Å². The number of nitrogens with one attached hydrogen (secondary N) is 1. The Morgan fingerprint density at radius 1 is 1.39 bits per heavy atom. The van der Waals surface area contributed by atoms with Crippen molar-refractivity contribution < 1.29 is 9.90 Å². The number of hydrogen-bond donors (Lipinski definition) is 3. The van der Waals surface area contributed by atoms with Crippen molar-refractivity contribution in [2.24, 2.45) is 5.73 Å². The second-order valence-electron chi connectivity index (χ2n) is 5.24. The van der Waals surface area contributed by atoms with E-state index < -0.39 is 0 Å². The zero-order valence-corrected chi connectivity index (χ0v) is 11.1. The number of carbonyl (C=O) groups is 1. The summed E-state index contributed by atoms with van der Waals surface area (Å²) in [5.74, 6) is 0.00271. The number of carbonyl (C=O) groups excluding carboxylic acids is 1. The molecule has 0 saturated heterocycles. The van der Waals surface area contributed by atoms with Gasteiger partial charge in [-0.15, -0.1) is 0 Å². The average molecular weight is 250 g/mol. The first kappa shape index (κ1) is 14.7. The monoisotopic (exact) mass is 250 g/mol. The minimum atomic E-state index is -0.311. The lowest BCUT2D eigenvalue weighted by molar-refractivity contribution is -0.121. The molecule has 1 amide bonds. The molecule has 0 radical (unpaired) electrons. The first-order valence-corrected chi connectivity index (χ1v) is 6.15. The van der Waals surface area contributed by atoms with Gasteiger partial charge in [-0.25, -0.2) is 0 Å². The van der Waals surface area contributed by atoms with Gasteiger partial charge in [-0.1, -0.05) is 24.3 Å². The Morgan fingerprint density at radius 3 is 2.67 bits per heavy atom. The van der Waals surface area contributed by atoms with Gasteiger partial charge < -0.3 is 16.2 Å². The molecule has 0 aromatic heterocycles. The van der Waals surface area contributed by atoms with Crippen molar-refractivity contribution in [3.05, 3.63) is 35.4 Å². The van der Waals surface area contributed by atoms with Crippen molar-refractivity contribution in [3.63, 3.8) is 0 Å². The lowest BCUT2D eigenvalue weighted by Crippen LogP contribution is -2.34. The summed E-state index contributed by atoms with van der Waals surface area (Å²) < 4.78 is 0. The molecule has 0 bridgehead atoms. The molecule has 0 atom stereocenters. The normalized spacial score (nSPS) is 11.3. The van der Waals surface area contributed by atoms with Crippen LogP contribution in [-0.2, 0) is 17.9 Å². The van der Waals surface area contributed by atoms with Crippen LogP contribution < -0.4 is 11.1 Å². The van der Waals surface area contributed by atoms with Crippen molar-refractivity contribution in [3.8, 4) is 0 Å². The van der Waals surface area contributed by atoms with Crippen LogP contribution in [0.3, 0.4) is 0 Å². The molecule has 1 aromatic rings. The summed E-state index contributed by atoms with van der Waals surface area (Å²) in [6.45, 7) is 4.32. The molecule has 4 heteroatoms. The van der Waals surface area contributed by atoms with Crippen LogP contribution in [0.4, 0.5) is 0 Å². The van der Waals surface area contributed by atoms with Crippen LogP contribution in [0, 0.1) is 0 Å². The fourth-order valence-electron chi connectivity index (χ4n) is 1.56. The smallest absolute Gasteiger partial charge is 0.220 e. The minimum Gasteiger partial charge on any atom is -0.392 e. The molecule has 100 valence electrons. The van der Waals surface area contributed by atoms with Crippen molar-refractivity contribution >= 4 is 5.91 Å². The van der Waals surface area contributed by atoms with Gasteiger partial charge in [0.2, 0.25) is 5.91 Å². The summed E-state index contributed by atoms with van der Waals surface area (Å²) in [7, 11) is 0. The van der Waals surface area contributed by atoms with E-state index >= 15 is 0 Å². The third kappa shape index (κ3) is 5.80. The highest BCUT2D eigenvalue weighted by molar-refractivity contribution is 5.75. The Bertz CT molecular complexity index is 397. The van der Waals surface area contributed by atoms with Crippen LogP contribution in [0.15, 0.2) is 24.3 Å². The highest BCUT2D eigenvalue weighted by atomic mass is 16.3. The second-order valence-corrected chi connectivity index (χ2v) is 5.24. The van der Waals surface area contributed by atoms with Gasteiger partial charge in [0.1, 0.15) is 0 Å². The standard InChI is InChI=1S/C14H22N2O2/c1-14(2,15)7-6-13(18)16-9-11-4-3-5-12(8-11)10-17/h3-5,8,17H,6-7,9-10,15H2,1-2H3,(H,16,18). The van der Waals surface area contributed by atoms with Crippen LogP contribution in [0.25, 0.3) is 0 Å². The first-order valence-electron chi connectivity index (χ1n) is 6.15. The van der Waals surface area contributed by atoms with Gasteiger partial charge in [-0.3, -0.25) is 4.79 Å². The van der Waals surface area contributed by atoms with E-state index in [4.69, 9.17) is 10.8 Å². The number of aliphatic hydroxyl groups is 1. The first-order chi connectivity index (χ1) is 8.40. The summed E-state index contributed by atoms with van der Waals surface area (Å²) in [5.41, 5.74) is 7.35. The van der Waals surface area contributed by atoms with E-state index in [1.807, 2.05) is 38.1 Å². The minimum absolute atomic E-state index is 0.00271. The molecule has 0 spiro atoms. The Kier molecular flexibility index (Phi) is 5.31. The lowest BCUT2D eigenvalue weighted by atomic mass is 10.00. The zero-order valence-electron chi connectivity index (χ0n) is 11.1.